The Balaban J connectivity index is 1.66. The number of nitrogens with zero attached hydrogens (tertiary/aromatic N) is 1. The number of nitrogens with one attached hydrogen (secondary N) is 1. The normalized spacial score (nSPS) is 16.7. The van der Waals surface area contributed by atoms with Gasteiger partial charge < -0.3 is 19.0 Å². The van der Waals surface area contributed by atoms with Crippen molar-refractivity contribution in [2.45, 2.75) is 32.4 Å². The predicted octanol–water partition coefficient (Wildman–Crippen LogP) is 3.25. The molecule has 1 amide bonds. The maximum atomic E-state index is 12.9. The Hall–Kier alpha value is -2.86. The number of amides is 1. The molecule has 27 heavy (non-hydrogen) atoms. The number of benzene rings is 1. The molecule has 3 aromatic rings. The molecular formula is C21H22N2O4. The molecule has 2 aromatic heterocycles. The van der Waals surface area contributed by atoms with E-state index >= 15 is 0 Å². The minimum Gasteiger partial charge on any atom is -0.459 e. The highest BCUT2D eigenvalue weighted by atomic mass is 16.5. The van der Waals surface area contributed by atoms with Gasteiger partial charge in [0.05, 0.1) is 24.4 Å². The first-order valence-corrected chi connectivity index (χ1v) is 9.18. The van der Waals surface area contributed by atoms with Crippen LogP contribution >= 0.6 is 0 Å². The zero-order valence-electron chi connectivity index (χ0n) is 15.2. The molecule has 1 N–H and O–H groups in total. The smallest absolute Gasteiger partial charge is 0.289 e. The van der Waals surface area contributed by atoms with Gasteiger partial charge in [-0.2, -0.15) is 0 Å². The van der Waals surface area contributed by atoms with Crippen LogP contribution in [-0.2, 0) is 11.3 Å². The summed E-state index contributed by atoms with van der Waals surface area (Å²) in [5.74, 6) is 0.0281. The number of furan rings is 1. The Bertz CT molecular complexity index is 1000. The van der Waals surface area contributed by atoms with E-state index < -0.39 is 0 Å². The van der Waals surface area contributed by atoms with Gasteiger partial charge in [0.15, 0.2) is 5.76 Å². The number of aromatic nitrogens is 1. The fourth-order valence-corrected chi connectivity index (χ4v) is 3.56. The molecule has 0 spiro atoms. The van der Waals surface area contributed by atoms with Gasteiger partial charge in [-0.3, -0.25) is 9.59 Å². The van der Waals surface area contributed by atoms with E-state index in [1.54, 1.807) is 17.0 Å². The molecule has 0 saturated carbocycles. The molecule has 1 fully saturated rings. The minimum atomic E-state index is -0.237. The van der Waals surface area contributed by atoms with Crippen molar-refractivity contribution in [1.29, 1.82) is 0 Å². The lowest BCUT2D eigenvalue weighted by Gasteiger charge is -2.24. The van der Waals surface area contributed by atoms with Gasteiger partial charge in [-0.25, -0.2) is 0 Å². The topological polar surface area (TPSA) is 75.5 Å². The maximum absolute atomic E-state index is 12.9. The SMILES string of the molecule is Cc1cccc2cc(CN(C[C@@H]3CCCO3)C(=O)c3ccco3)c(=O)[nH]c12. The van der Waals surface area contributed by atoms with E-state index in [1.807, 2.05) is 31.2 Å². The molecule has 0 radical (unpaired) electrons. The van der Waals surface area contributed by atoms with Crippen molar-refractivity contribution >= 4 is 16.8 Å². The number of hydrogen-bond donors (Lipinski definition) is 1. The molecule has 3 heterocycles. The van der Waals surface area contributed by atoms with Crippen LogP contribution in [0.2, 0.25) is 0 Å². The van der Waals surface area contributed by atoms with E-state index in [-0.39, 0.29) is 29.9 Å². The molecule has 0 aliphatic carbocycles. The van der Waals surface area contributed by atoms with Crippen LogP contribution in [0.25, 0.3) is 10.9 Å². The quantitative estimate of drug-likeness (QED) is 0.752. The van der Waals surface area contributed by atoms with E-state index in [0.717, 1.165) is 29.3 Å². The van der Waals surface area contributed by atoms with Crippen molar-refractivity contribution < 1.29 is 13.9 Å². The van der Waals surface area contributed by atoms with Crippen molar-refractivity contribution in [3.63, 3.8) is 0 Å². The molecule has 6 heteroatoms. The average Bonchev–Trinajstić information content (AvgIpc) is 3.36. The lowest BCUT2D eigenvalue weighted by atomic mass is 10.1. The molecule has 1 aromatic carbocycles. The molecule has 0 unspecified atom stereocenters. The van der Waals surface area contributed by atoms with Gasteiger partial charge in [0.1, 0.15) is 0 Å². The Morgan fingerprint density at radius 1 is 1.30 bits per heavy atom. The molecule has 140 valence electrons. The Kier molecular flexibility index (Phi) is 4.81. The summed E-state index contributed by atoms with van der Waals surface area (Å²) in [5, 5.41) is 0.951. The molecule has 1 aliphatic rings. The lowest BCUT2D eigenvalue weighted by molar-refractivity contribution is 0.0483. The summed E-state index contributed by atoms with van der Waals surface area (Å²) < 4.78 is 11.0. The van der Waals surface area contributed by atoms with E-state index in [9.17, 15) is 9.59 Å². The second kappa shape index (κ2) is 7.40. The number of hydrogen-bond acceptors (Lipinski definition) is 4. The third-order valence-corrected chi connectivity index (χ3v) is 4.99. The molecule has 1 saturated heterocycles. The van der Waals surface area contributed by atoms with Gasteiger partial charge in [-0.05, 0) is 48.9 Å². The lowest BCUT2D eigenvalue weighted by Crippen LogP contribution is -2.38. The van der Waals surface area contributed by atoms with Crippen LogP contribution in [0.4, 0.5) is 0 Å². The number of fused-ring (bicyclic) bond motifs is 1. The highest BCUT2D eigenvalue weighted by Crippen LogP contribution is 2.19. The molecule has 1 atom stereocenters. The number of aryl methyl sites for hydroxylation is 1. The number of carbonyl (C=O) groups excluding carboxylic acids is 1. The van der Waals surface area contributed by atoms with Gasteiger partial charge in [0.2, 0.25) is 0 Å². The Labute approximate surface area is 156 Å². The summed E-state index contributed by atoms with van der Waals surface area (Å²) in [6, 6.07) is 11.1. The second-order valence-corrected chi connectivity index (χ2v) is 6.96. The van der Waals surface area contributed by atoms with Crippen molar-refractivity contribution in [1.82, 2.24) is 9.88 Å². The van der Waals surface area contributed by atoms with Gasteiger partial charge in [0.25, 0.3) is 11.5 Å². The number of ether oxygens (including phenoxy) is 1. The van der Waals surface area contributed by atoms with Crippen molar-refractivity contribution in [3.8, 4) is 0 Å². The minimum absolute atomic E-state index is 0.00862. The van der Waals surface area contributed by atoms with Crippen molar-refractivity contribution in [3.05, 3.63) is 69.9 Å². The molecule has 1 aliphatic heterocycles. The summed E-state index contributed by atoms with van der Waals surface area (Å²) in [5.41, 5.74) is 2.21. The number of pyridine rings is 1. The Morgan fingerprint density at radius 3 is 2.93 bits per heavy atom. The fraction of sp³-hybridized carbons (Fsp3) is 0.333. The molecule has 6 nitrogen and oxygen atoms in total. The van der Waals surface area contributed by atoms with Crippen LogP contribution in [0.15, 0.2) is 51.9 Å². The molecule has 4 rings (SSSR count). The highest BCUT2D eigenvalue weighted by molar-refractivity contribution is 5.91. The monoisotopic (exact) mass is 366 g/mol. The van der Waals surface area contributed by atoms with Crippen LogP contribution in [0.1, 0.15) is 34.5 Å². The van der Waals surface area contributed by atoms with Gasteiger partial charge >= 0.3 is 0 Å². The summed E-state index contributed by atoms with van der Waals surface area (Å²) in [7, 11) is 0. The summed E-state index contributed by atoms with van der Waals surface area (Å²) in [4.78, 5) is 30.1. The molecular weight excluding hydrogens is 344 g/mol. The average molecular weight is 366 g/mol. The number of rotatable bonds is 5. The van der Waals surface area contributed by atoms with Crippen molar-refractivity contribution in [2.75, 3.05) is 13.2 Å². The zero-order valence-corrected chi connectivity index (χ0v) is 15.2. The van der Waals surface area contributed by atoms with E-state index in [1.165, 1.54) is 6.26 Å². The van der Waals surface area contributed by atoms with Gasteiger partial charge in [-0.1, -0.05) is 18.2 Å². The van der Waals surface area contributed by atoms with Crippen LogP contribution < -0.4 is 5.56 Å². The summed E-state index contributed by atoms with van der Waals surface area (Å²) in [6.07, 6.45) is 3.37. The number of carbonyl (C=O) groups is 1. The van der Waals surface area contributed by atoms with Gasteiger partial charge in [0, 0.05) is 18.7 Å². The maximum Gasteiger partial charge on any atom is 0.289 e. The first-order valence-electron chi connectivity index (χ1n) is 9.18. The number of para-hydroxylation sites is 1. The second-order valence-electron chi connectivity index (χ2n) is 6.96. The van der Waals surface area contributed by atoms with E-state index in [2.05, 4.69) is 4.98 Å². The largest absolute Gasteiger partial charge is 0.459 e. The standard InChI is InChI=1S/C21H22N2O4/c1-14-5-2-6-15-11-16(20(24)22-19(14)15)12-23(13-17-7-3-9-26-17)21(25)18-8-4-10-27-18/h2,4-6,8,10-11,17H,3,7,9,12-13H2,1H3,(H,22,24)/t17-/m0/s1. The first kappa shape index (κ1) is 17.5. The van der Waals surface area contributed by atoms with Gasteiger partial charge in [-0.15, -0.1) is 0 Å². The van der Waals surface area contributed by atoms with Crippen LogP contribution in [0.5, 0.6) is 0 Å². The predicted molar refractivity (Wildman–Crippen MR) is 102 cm³/mol. The fourth-order valence-electron chi connectivity index (χ4n) is 3.56. The summed E-state index contributed by atoms with van der Waals surface area (Å²) in [6.45, 7) is 3.31. The van der Waals surface area contributed by atoms with Crippen molar-refractivity contribution in [2.24, 2.45) is 0 Å². The first-order chi connectivity index (χ1) is 13.1. The number of H-pyrrole nitrogens is 1. The number of aromatic amines is 1. The molecule has 0 bridgehead atoms. The zero-order chi connectivity index (χ0) is 18.8. The third kappa shape index (κ3) is 3.66. The van der Waals surface area contributed by atoms with Crippen LogP contribution in [0.3, 0.4) is 0 Å². The van der Waals surface area contributed by atoms with Crippen LogP contribution in [0, 0.1) is 6.92 Å². The van der Waals surface area contributed by atoms with Crippen LogP contribution in [-0.4, -0.2) is 35.0 Å². The summed E-state index contributed by atoms with van der Waals surface area (Å²) >= 11 is 0. The third-order valence-electron chi connectivity index (χ3n) is 4.99. The van der Waals surface area contributed by atoms with E-state index in [4.69, 9.17) is 9.15 Å². The highest BCUT2D eigenvalue weighted by Gasteiger charge is 2.25. The Morgan fingerprint density at radius 2 is 2.19 bits per heavy atom. The van der Waals surface area contributed by atoms with E-state index in [0.29, 0.717) is 18.7 Å².